The van der Waals surface area contributed by atoms with E-state index < -0.39 is 15.6 Å². The molecule has 0 aromatic carbocycles. The van der Waals surface area contributed by atoms with Crippen LogP contribution in [-0.2, 0) is 14.8 Å². The van der Waals surface area contributed by atoms with Crippen LogP contribution in [0.15, 0.2) is 0 Å². The van der Waals surface area contributed by atoms with E-state index in [1.165, 1.54) is 0 Å². The summed E-state index contributed by atoms with van der Waals surface area (Å²) < 4.78 is 31.0. The van der Waals surface area contributed by atoms with E-state index in [9.17, 15) is 8.42 Å². The first-order valence-corrected chi connectivity index (χ1v) is 7.08. The molecule has 0 aromatic heterocycles. The smallest absolute Gasteiger partial charge is 0.214 e. The second kappa shape index (κ2) is 6.54. The molecule has 0 rings (SSSR count). The minimum atomic E-state index is -3.34. The first-order valence-electron chi connectivity index (χ1n) is 5.42. The third kappa shape index (κ3) is 8.04. The Bertz CT molecular complexity index is 285. The largest absolute Gasteiger partial charge is 0.396 e. The molecule has 0 heterocycles. The third-order valence-corrected chi connectivity index (χ3v) is 3.54. The van der Waals surface area contributed by atoms with Gasteiger partial charge in [-0.05, 0) is 34.1 Å². The Labute approximate surface area is 98.2 Å². The summed E-state index contributed by atoms with van der Waals surface area (Å²) >= 11 is 0. The van der Waals surface area contributed by atoms with Crippen LogP contribution in [0.5, 0.6) is 0 Å². The van der Waals surface area contributed by atoms with Gasteiger partial charge >= 0.3 is 0 Å². The van der Waals surface area contributed by atoms with Crippen molar-refractivity contribution >= 4 is 10.0 Å². The lowest BCUT2D eigenvalue weighted by atomic mass is 10.0. The van der Waals surface area contributed by atoms with Gasteiger partial charge in [0.15, 0.2) is 0 Å². The first kappa shape index (κ1) is 15.8. The van der Waals surface area contributed by atoms with Crippen molar-refractivity contribution in [3.05, 3.63) is 0 Å². The molecule has 16 heavy (non-hydrogen) atoms. The van der Waals surface area contributed by atoms with Crippen molar-refractivity contribution in [2.24, 2.45) is 0 Å². The van der Waals surface area contributed by atoms with Crippen LogP contribution in [0.25, 0.3) is 0 Å². The molecule has 0 aromatic rings. The molecule has 0 fully saturated rings. The molecule has 0 aliphatic heterocycles. The molecule has 2 N–H and O–H groups in total. The second-order valence-corrected chi connectivity index (χ2v) is 6.54. The van der Waals surface area contributed by atoms with Gasteiger partial charge in [0.1, 0.15) is 0 Å². The van der Waals surface area contributed by atoms with Crippen LogP contribution in [0.2, 0.25) is 0 Å². The molecule has 0 saturated heterocycles. The first-order chi connectivity index (χ1) is 7.18. The van der Waals surface area contributed by atoms with E-state index in [1.54, 1.807) is 13.8 Å². The molecule has 98 valence electrons. The number of sulfonamides is 1. The summed E-state index contributed by atoms with van der Waals surface area (Å²) in [5.74, 6) is -0.0555. The highest BCUT2D eigenvalue weighted by molar-refractivity contribution is 7.89. The van der Waals surface area contributed by atoms with Crippen molar-refractivity contribution in [3.8, 4) is 0 Å². The Balaban J connectivity index is 4.14. The summed E-state index contributed by atoms with van der Waals surface area (Å²) in [5.41, 5.74) is -0.620. The van der Waals surface area contributed by atoms with Crippen LogP contribution in [-0.4, -0.2) is 44.1 Å². The Hall–Kier alpha value is -0.170. The van der Waals surface area contributed by atoms with E-state index in [0.29, 0.717) is 6.42 Å². The predicted molar refractivity (Wildman–Crippen MR) is 63.8 cm³/mol. The molecule has 0 aliphatic carbocycles. The lowest BCUT2D eigenvalue weighted by molar-refractivity contribution is 0.0910. The van der Waals surface area contributed by atoms with Crippen LogP contribution in [0.4, 0.5) is 0 Å². The van der Waals surface area contributed by atoms with Gasteiger partial charge in [-0.2, -0.15) is 0 Å². The lowest BCUT2D eigenvalue weighted by Crippen LogP contribution is -2.45. The Morgan fingerprint density at radius 1 is 1.38 bits per heavy atom. The quantitative estimate of drug-likeness (QED) is 0.660. The number of hydrogen-bond acceptors (Lipinski definition) is 4. The van der Waals surface area contributed by atoms with Gasteiger partial charge in [0, 0.05) is 12.1 Å². The minimum absolute atomic E-state index is 0.0284. The number of aliphatic hydroxyl groups is 1. The highest BCUT2D eigenvalue weighted by Gasteiger charge is 2.23. The average Bonchev–Trinajstić information content (AvgIpc) is 1.99. The van der Waals surface area contributed by atoms with Gasteiger partial charge in [0.2, 0.25) is 10.0 Å². The molecule has 0 aliphatic rings. The van der Waals surface area contributed by atoms with Crippen LogP contribution < -0.4 is 4.72 Å². The summed E-state index contributed by atoms with van der Waals surface area (Å²) in [6.45, 7) is 7.33. The number of ether oxygens (including phenoxy) is 1. The number of rotatable bonds is 8. The molecule has 0 amide bonds. The van der Waals surface area contributed by atoms with Crippen molar-refractivity contribution in [1.29, 1.82) is 0 Å². The number of hydrogen-bond donors (Lipinski definition) is 2. The standard InChI is InChI=1S/C10H23NO4S/c1-9(2)15-7-8-16(13,14)11-10(3,4)5-6-12/h9,11-12H,5-8H2,1-4H3. The van der Waals surface area contributed by atoms with Crippen LogP contribution in [0, 0.1) is 0 Å². The minimum Gasteiger partial charge on any atom is -0.396 e. The SMILES string of the molecule is CC(C)OCCS(=O)(=O)NC(C)(C)CCO. The zero-order valence-electron chi connectivity index (χ0n) is 10.5. The van der Waals surface area contributed by atoms with Gasteiger partial charge in [-0.1, -0.05) is 0 Å². The lowest BCUT2D eigenvalue weighted by Gasteiger charge is -2.25. The van der Waals surface area contributed by atoms with Gasteiger partial charge in [-0.25, -0.2) is 13.1 Å². The van der Waals surface area contributed by atoms with Crippen molar-refractivity contribution in [3.63, 3.8) is 0 Å². The maximum absolute atomic E-state index is 11.6. The van der Waals surface area contributed by atoms with E-state index >= 15 is 0 Å². The molecule has 0 atom stereocenters. The van der Waals surface area contributed by atoms with Gasteiger partial charge in [-0.3, -0.25) is 0 Å². The van der Waals surface area contributed by atoms with E-state index in [4.69, 9.17) is 9.84 Å². The van der Waals surface area contributed by atoms with E-state index in [1.807, 2.05) is 13.8 Å². The van der Waals surface area contributed by atoms with Crippen molar-refractivity contribution in [1.82, 2.24) is 4.72 Å². The molecular weight excluding hydrogens is 230 g/mol. The van der Waals surface area contributed by atoms with Gasteiger partial charge < -0.3 is 9.84 Å². The molecule has 0 bridgehead atoms. The zero-order chi connectivity index (χ0) is 12.8. The van der Waals surface area contributed by atoms with Crippen molar-refractivity contribution in [2.45, 2.75) is 45.8 Å². The van der Waals surface area contributed by atoms with E-state index in [0.717, 1.165) is 0 Å². The summed E-state index contributed by atoms with van der Waals surface area (Å²) in [7, 11) is -3.34. The third-order valence-electron chi connectivity index (χ3n) is 1.97. The molecular formula is C10H23NO4S. The summed E-state index contributed by atoms with van der Waals surface area (Å²) in [5, 5.41) is 8.79. The van der Waals surface area contributed by atoms with E-state index in [-0.39, 0.29) is 25.1 Å². The monoisotopic (exact) mass is 253 g/mol. The number of aliphatic hydroxyl groups excluding tert-OH is 1. The Morgan fingerprint density at radius 2 is 1.94 bits per heavy atom. The normalized spacial score (nSPS) is 13.4. The zero-order valence-corrected chi connectivity index (χ0v) is 11.3. The molecule has 0 spiro atoms. The Kier molecular flexibility index (Phi) is 6.47. The average molecular weight is 253 g/mol. The van der Waals surface area contributed by atoms with Crippen molar-refractivity contribution < 1.29 is 18.3 Å². The topological polar surface area (TPSA) is 75.6 Å². The maximum atomic E-state index is 11.6. The van der Waals surface area contributed by atoms with Crippen LogP contribution in [0.3, 0.4) is 0 Å². The fourth-order valence-electron chi connectivity index (χ4n) is 1.20. The Morgan fingerprint density at radius 3 is 2.38 bits per heavy atom. The molecule has 0 unspecified atom stereocenters. The van der Waals surface area contributed by atoms with Gasteiger partial charge in [-0.15, -0.1) is 0 Å². The van der Waals surface area contributed by atoms with Gasteiger partial charge in [0.05, 0.1) is 18.5 Å². The number of nitrogens with one attached hydrogen (secondary N) is 1. The summed E-state index contributed by atoms with van der Waals surface area (Å²) in [4.78, 5) is 0. The highest BCUT2D eigenvalue weighted by atomic mass is 32.2. The summed E-state index contributed by atoms with van der Waals surface area (Å²) in [6.07, 6.45) is 0.415. The predicted octanol–water partition coefficient (Wildman–Crippen LogP) is 0.492. The van der Waals surface area contributed by atoms with E-state index in [2.05, 4.69) is 4.72 Å². The van der Waals surface area contributed by atoms with Gasteiger partial charge in [0.25, 0.3) is 0 Å². The molecule has 0 radical (unpaired) electrons. The molecule has 6 heteroatoms. The highest BCUT2D eigenvalue weighted by Crippen LogP contribution is 2.09. The fourth-order valence-corrected chi connectivity index (χ4v) is 2.56. The van der Waals surface area contributed by atoms with Crippen molar-refractivity contribution in [2.75, 3.05) is 19.0 Å². The molecule has 5 nitrogen and oxygen atoms in total. The maximum Gasteiger partial charge on any atom is 0.214 e. The fraction of sp³-hybridized carbons (Fsp3) is 1.00. The van der Waals surface area contributed by atoms with Crippen LogP contribution in [0.1, 0.15) is 34.1 Å². The van der Waals surface area contributed by atoms with Crippen LogP contribution >= 0.6 is 0 Å². The second-order valence-electron chi connectivity index (χ2n) is 4.70. The molecule has 0 saturated carbocycles. The summed E-state index contributed by atoms with van der Waals surface area (Å²) in [6, 6.07) is 0.